The molecule has 0 aliphatic carbocycles. The molecule has 5 heteroatoms. The quantitative estimate of drug-likeness (QED) is 0.813. The first-order valence-electron chi connectivity index (χ1n) is 5.48. The van der Waals surface area contributed by atoms with E-state index >= 15 is 0 Å². The lowest BCUT2D eigenvalue weighted by atomic mass is 10.1. The highest BCUT2D eigenvalue weighted by Gasteiger charge is 2.12. The fourth-order valence-corrected chi connectivity index (χ4v) is 1.72. The molecule has 0 aliphatic rings. The van der Waals surface area contributed by atoms with Gasteiger partial charge < -0.3 is 10.7 Å². The molecule has 86 valence electrons. The Kier molecular flexibility index (Phi) is 3.05. The standard InChI is InChI=1S/C11H17N5/c1-3-8(4-12)11-13-6-10(15-11)9-5-14-16(2)7-9/h5-8H,3-4,12H2,1-2H3,(H,13,15). The molecule has 2 aromatic rings. The number of aromatic amines is 1. The maximum atomic E-state index is 5.69. The zero-order valence-electron chi connectivity index (χ0n) is 9.64. The van der Waals surface area contributed by atoms with Gasteiger partial charge in [0, 0.05) is 31.3 Å². The molecule has 1 atom stereocenters. The number of rotatable bonds is 4. The second-order valence-corrected chi connectivity index (χ2v) is 3.93. The fraction of sp³-hybridized carbons (Fsp3) is 0.455. The number of nitrogens with one attached hydrogen (secondary N) is 1. The molecule has 0 aliphatic heterocycles. The van der Waals surface area contributed by atoms with Crippen LogP contribution in [0.15, 0.2) is 18.6 Å². The summed E-state index contributed by atoms with van der Waals surface area (Å²) in [5.41, 5.74) is 7.74. The van der Waals surface area contributed by atoms with Crippen molar-refractivity contribution in [3.8, 4) is 11.3 Å². The highest BCUT2D eigenvalue weighted by atomic mass is 15.2. The van der Waals surface area contributed by atoms with Gasteiger partial charge in [-0.3, -0.25) is 4.68 Å². The van der Waals surface area contributed by atoms with Gasteiger partial charge in [-0.1, -0.05) is 6.92 Å². The number of aryl methyl sites for hydroxylation is 1. The van der Waals surface area contributed by atoms with Gasteiger partial charge >= 0.3 is 0 Å². The Balaban J connectivity index is 2.25. The number of nitrogens with two attached hydrogens (primary N) is 1. The average Bonchev–Trinajstić information content (AvgIpc) is 2.89. The molecule has 0 aromatic carbocycles. The lowest BCUT2D eigenvalue weighted by molar-refractivity contribution is 0.639. The van der Waals surface area contributed by atoms with E-state index in [2.05, 4.69) is 22.0 Å². The second kappa shape index (κ2) is 4.49. The Labute approximate surface area is 94.7 Å². The molecular formula is C11H17N5. The predicted molar refractivity (Wildman–Crippen MR) is 62.9 cm³/mol. The van der Waals surface area contributed by atoms with Crippen molar-refractivity contribution in [1.29, 1.82) is 0 Å². The van der Waals surface area contributed by atoms with Gasteiger partial charge in [0.2, 0.25) is 0 Å². The lowest BCUT2D eigenvalue weighted by Gasteiger charge is -2.07. The van der Waals surface area contributed by atoms with Crippen LogP contribution in [-0.2, 0) is 7.05 Å². The maximum Gasteiger partial charge on any atom is 0.110 e. The van der Waals surface area contributed by atoms with E-state index in [1.165, 1.54) is 0 Å². The minimum atomic E-state index is 0.311. The van der Waals surface area contributed by atoms with Crippen molar-refractivity contribution in [3.05, 3.63) is 24.4 Å². The van der Waals surface area contributed by atoms with E-state index in [1.54, 1.807) is 4.68 Å². The van der Waals surface area contributed by atoms with Crippen LogP contribution in [0.25, 0.3) is 11.3 Å². The van der Waals surface area contributed by atoms with E-state index in [0.717, 1.165) is 23.5 Å². The van der Waals surface area contributed by atoms with Gasteiger partial charge in [0.05, 0.1) is 18.1 Å². The summed E-state index contributed by atoms with van der Waals surface area (Å²) in [7, 11) is 1.90. The van der Waals surface area contributed by atoms with Gasteiger partial charge in [-0.15, -0.1) is 0 Å². The number of aromatic nitrogens is 4. The Morgan fingerprint density at radius 1 is 1.50 bits per heavy atom. The topological polar surface area (TPSA) is 72.5 Å². The third-order valence-corrected chi connectivity index (χ3v) is 2.78. The van der Waals surface area contributed by atoms with Gasteiger partial charge in [-0.2, -0.15) is 5.10 Å². The SMILES string of the molecule is CCC(CN)c1ncc(-c2cnn(C)c2)[nH]1. The first kappa shape index (κ1) is 10.9. The van der Waals surface area contributed by atoms with Crippen molar-refractivity contribution in [2.45, 2.75) is 19.3 Å². The molecule has 0 saturated heterocycles. The van der Waals surface area contributed by atoms with Crippen molar-refractivity contribution in [2.24, 2.45) is 12.8 Å². The molecule has 0 saturated carbocycles. The normalized spacial score (nSPS) is 12.9. The highest BCUT2D eigenvalue weighted by Crippen LogP contribution is 2.20. The van der Waals surface area contributed by atoms with Crippen LogP contribution >= 0.6 is 0 Å². The number of hydrogen-bond donors (Lipinski definition) is 2. The van der Waals surface area contributed by atoms with Gasteiger partial charge in [-0.05, 0) is 6.42 Å². The number of nitrogens with zero attached hydrogens (tertiary/aromatic N) is 3. The molecule has 16 heavy (non-hydrogen) atoms. The summed E-state index contributed by atoms with van der Waals surface area (Å²) < 4.78 is 1.77. The van der Waals surface area contributed by atoms with Crippen molar-refractivity contribution in [3.63, 3.8) is 0 Å². The Bertz CT molecular complexity index is 452. The highest BCUT2D eigenvalue weighted by molar-refractivity contribution is 5.56. The summed E-state index contributed by atoms with van der Waals surface area (Å²) in [5.74, 6) is 1.27. The summed E-state index contributed by atoms with van der Waals surface area (Å²) in [6.07, 6.45) is 6.61. The van der Waals surface area contributed by atoms with Gasteiger partial charge in [0.25, 0.3) is 0 Å². The molecule has 0 bridgehead atoms. The summed E-state index contributed by atoms with van der Waals surface area (Å²) in [6.45, 7) is 2.74. The number of H-pyrrole nitrogens is 1. The van der Waals surface area contributed by atoms with Gasteiger partial charge in [0.1, 0.15) is 5.82 Å². The van der Waals surface area contributed by atoms with Gasteiger partial charge in [0.15, 0.2) is 0 Å². The molecule has 0 fully saturated rings. The zero-order valence-corrected chi connectivity index (χ0v) is 9.64. The maximum absolute atomic E-state index is 5.69. The van der Waals surface area contributed by atoms with Gasteiger partial charge in [-0.25, -0.2) is 4.98 Å². The summed E-state index contributed by atoms with van der Waals surface area (Å²) >= 11 is 0. The molecule has 2 heterocycles. The third kappa shape index (κ3) is 1.99. The summed E-state index contributed by atoms with van der Waals surface area (Å²) in [4.78, 5) is 7.67. The van der Waals surface area contributed by atoms with E-state index in [0.29, 0.717) is 12.5 Å². The molecule has 0 spiro atoms. The van der Waals surface area contributed by atoms with Crippen LogP contribution in [0.3, 0.4) is 0 Å². The second-order valence-electron chi connectivity index (χ2n) is 3.93. The molecule has 2 aromatic heterocycles. The minimum Gasteiger partial charge on any atom is -0.342 e. The van der Waals surface area contributed by atoms with Crippen molar-refractivity contribution < 1.29 is 0 Å². The van der Waals surface area contributed by atoms with Crippen LogP contribution in [0.2, 0.25) is 0 Å². The molecule has 0 amide bonds. The monoisotopic (exact) mass is 219 g/mol. The molecule has 1 unspecified atom stereocenters. The average molecular weight is 219 g/mol. The van der Waals surface area contributed by atoms with E-state index in [-0.39, 0.29) is 0 Å². The fourth-order valence-electron chi connectivity index (χ4n) is 1.72. The largest absolute Gasteiger partial charge is 0.342 e. The Morgan fingerprint density at radius 2 is 2.31 bits per heavy atom. The van der Waals surface area contributed by atoms with E-state index in [4.69, 9.17) is 5.73 Å². The van der Waals surface area contributed by atoms with Crippen LogP contribution < -0.4 is 5.73 Å². The molecule has 2 rings (SSSR count). The molecule has 0 radical (unpaired) electrons. The van der Waals surface area contributed by atoms with Crippen LogP contribution in [0.1, 0.15) is 25.1 Å². The smallest absolute Gasteiger partial charge is 0.110 e. The first-order chi connectivity index (χ1) is 7.74. The van der Waals surface area contributed by atoms with Crippen LogP contribution in [0.5, 0.6) is 0 Å². The molecule has 3 N–H and O–H groups in total. The molecule has 5 nitrogen and oxygen atoms in total. The first-order valence-corrected chi connectivity index (χ1v) is 5.48. The summed E-state index contributed by atoms with van der Waals surface area (Å²) in [6, 6.07) is 0. The van der Waals surface area contributed by atoms with Crippen LogP contribution in [0.4, 0.5) is 0 Å². The minimum absolute atomic E-state index is 0.311. The van der Waals surface area contributed by atoms with E-state index in [1.807, 2.05) is 25.6 Å². The Hall–Kier alpha value is -1.62. The van der Waals surface area contributed by atoms with Crippen molar-refractivity contribution in [1.82, 2.24) is 19.7 Å². The van der Waals surface area contributed by atoms with E-state index < -0.39 is 0 Å². The van der Waals surface area contributed by atoms with Crippen LogP contribution in [-0.4, -0.2) is 26.3 Å². The van der Waals surface area contributed by atoms with Crippen LogP contribution in [0, 0.1) is 0 Å². The van der Waals surface area contributed by atoms with E-state index in [9.17, 15) is 0 Å². The zero-order chi connectivity index (χ0) is 11.5. The van der Waals surface area contributed by atoms with Crippen molar-refractivity contribution in [2.75, 3.05) is 6.54 Å². The van der Waals surface area contributed by atoms with Crippen molar-refractivity contribution >= 4 is 0 Å². The lowest BCUT2D eigenvalue weighted by Crippen LogP contribution is -2.12. The molecular weight excluding hydrogens is 202 g/mol. The number of imidazole rings is 1. The third-order valence-electron chi connectivity index (χ3n) is 2.78. The number of hydrogen-bond acceptors (Lipinski definition) is 3. The summed E-state index contributed by atoms with van der Waals surface area (Å²) in [5, 5.41) is 4.13. The Morgan fingerprint density at radius 3 is 2.88 bits per heavy atom. The predicted octanol–water partition coefficient (Wildman–Crippen LogP) is 1.26.